The molecule has 2 heterocycles. The number of carbonyl (C=O) groups excluding carboxylic acids is 1. The fourth-order valence-electron chi connectivity index (χ4n) is 4.42. The topological polar surface area (TPSA) is 90.3 Å². The molecule has 2 N–H and O–H groups in total. The minimum absolute atomic E-state index is 0.206. The number of hydrogen-bond acceptors (Lipinski definition) is 7. The number of nitrogens with one attached hydrogen (secondary N) is 2. The summed E-state index contributed by atoms with van der Waals surface area (Å²) in [4.78, 5) is 18.7. The van der Waals surface area contributed by atoms with Crippen molar-refractivity contribution in [1.82, 2.24) is 14.8 Å². The quantitative estimate of drug-likeness (QED) is 0.220. The Hall–Kier alpha value is -2.98. The van der Waals surface area contributed by atoms with Crippen LogP contribution in [0.3, 0.4) is 0 Å². The molecule has 0 saturated carbocycles. The first-order valence-electron chi connectivity index (χ1n) is 13.3. The van der Waals surface area contributed by atoms with Crippen molar-refractivity contribution < 1.29 is 14.3 Å². The molecule has 3 aromatic rings. The Bertz CT molecular complexity index is 1390. The molecule has 1 aromatic heterocycles. The third-order valence-corrected chi connectivity index (χ3v) is 8.10. The van der Waals surface area contributed by atoms with Gasteiger partial charge in [0.05, 0.1) is 23.3 Å². The van der Waals surface area contributed by atoms with Gasteiger partial charge in [0.25, 0.3) is 5.91 Å². The molecule has 39 heavy (non-hydrogen) atoms. The zero-order chi connectivity index (χ0) is 28.1. The minimum Gasteiger partial charge on any atom is -0.490 e. The number of allylic oxidation sites excluding steroid dienone is 1. The van der Waals surface area contributed by atoms with Crippen LogP contribution in [0, 0.1) is 13.8 Å². The van der Waals surface area contributed by atoms with Crippen LogP contribution >= 0.6 is 27.7 Å². The maximum Gasteiger partial charge on any atom is 0.255 e. The van der Waals surface area contributed by atoms with Gasteiger partial charge in [-0.2, -0.15) is 4.98 Å². The zero-order valence-electron chi connectivity index (χ0n) is 23.4. The number of amides is 1. The predicted molar refractivity (Wildman–Crippen MR) is 161 cm³/mol. The number of ether oxygens (including phenoxy) is 2. The molecular formula is C29H36BrN5O3S. The Morgan fingerprint density at radius 1 is 1.15 bits per heavy atom. The van der Waals surface area contributed by atoms with Crippen LogP contribution in [-0.2, 0) is 4.79 Å². The number of anilines is 2. The minimum atomic E-state index is -0.537. The number of benzene rings is 2. The second-order valence-electron chi connectivity index (χ2n) is 9.39. The normalized spacial score (nSPS) is 14.6. The van der Waals surface area contributed by atoms with Crippen LogP contribution in [0.2, 0.25) is 0 Å². The third-order valence-electron chi connectivity index (χ3n) is 6.46. The van der Waals surface area contributed by atoms with Gasteiger partial charge in [-0.15, -0.1) is 5.10 Å². The van der Waals surface area contributed by atoms with E-state index in [1.165, 1.54) is 0 Å². The molecule has 4 rings (SSSR count). The molecule has 1 amide bonds. The van der Waals surface area contributed by atoms with Crippen LogP contribution < -0.4 is 20.1 Å². The van der Waals surface area contributed by atoms with Crippen LogP contribution in [0.5, 0.6) is 11.5 Å². The number of nitrogens with zero attached hydrogens (tertiary/aromatic N) is 3. The van der Waals surface area contributed by atoms with E-state index in [0.29, 0.717) is 41.4 Å². The van der Waals surface area contributed by atoms with Crippen LogP contribution in [-0.4, -0.2) is 39.6 Å². The summed E-state index contributed by atoms with van der Waals surface area (Å²) in [6.07, 6.45) is 1.88. The van der Waals surface area contributed by atoms with E-state index < -0.39 is 6.04 Å². The van der Waals surface area contributed by atoms with Gasteiger partial charge in [-0.1, -0.05) is 37.7 Å². The number of thioether (sulfide) groups is 1. The Labute approximate surface area is 243 Å². The monoisotopic (exact) mass is 613 g/mol. The van der Waals surface area contributed by atoms with Crippen molar-refractivity contribution in [3.63, 3.8) is 0 Å². The van der Waals surface area contributed by atoms with Crippen molar-refractivity contribution in [2.24, 2.45) is 0 Å². The van der Waals surface area contributed by atoms with E-state index in [0.717, 1.165) is 51.1 Å². The summed E-state index contributed by atoms with van der Waals surface area (Å²) in [6.45, 7) is 13.1. The fourth-order valence-corrected chi connectivity index (χ4v) is 5.67. The lowest BCUT2D eigenvalue weighted by atomic mass is 9.94. The molecule has 1 atom stereocenters. The second-order valence-corrected chi connectivity index (χ2v) is 11.3. The van der Waals surface area contributed by atoms with Gasteiger partial charge in [0.1, 0.15) is 6.04 Å². The van der Waals surface area contributed by atoms with Gasteiger partial charge in [0.15, 0.2) is 11.5 Å². The lowest BCUT2D eigenvalue weighted by Gasteiger charge is -2.29. The second kappa shape index (κ2) is 12.9. The van der Waals surface area contributed by atoms with E-state index in [9.17, 15) is 4.79 Å². The number of fused-ring (bicyclic) bond motifs is 1. The van der Waals surface area contributed by atoms with Gasteiger partial charge in [-0.3, -0.25) is 4.79 Å². The fraction of sp³-hybridized carbons (Fsp3) is 0.414. The molecule has 8 nitrogen and oxygen atoms in total. The Morgan fingerprint density at radius 3 is 2.67 bits per heavy atom. The van der Waals surface area contributed by atoms with Crippen LogP contribution in [0.25, 0.3) is 0 Å². The van der Waals surface area contributed by atoms with Crippen LogP contribution in [0.1, 0.15) is 63.3 Å². The molecule has 1 unspecified atom stereocenters. The number of rotatable bonds is 11. The molecule has 1 aliphatic rings. The van der Waals surface area contributed by atoms with E-state index in [1.54, 1.807) is 16.4 Å². The van der Waals surface area contributed by atoms with Crippen molar-refractivity contribution in [2.45, 2.75) is 65.6 Å². The number of aryl methyl sites for hydroxylation is 1. The molecule has 2 aromatic carbocycles. The van der Waals surface area contributed by atoms with Crippen LogP contribution in [0.4, 0.5) is 11.6 Å². The first kappa shape index (κ1) is 29.0. The summed E-state index contributed by atoms with van der Waals surface area (Å²) in [5.74, 6) is 2.56. The maximum atomic E-state index is 14.0. The van der Waals surface area contributed by atoms with Gasteiger partial charge < -0.3 is 20.1 Å². The maximum absolute atomic E-state index is 14.0. The zero-order valence-corrected chi connectivity index (χ0v) is 25.8. The van der Waals surface area contributed by atoms with E-state index in [-0.39, 0.29) is 5.91 Å². The number of halogens is 1. The Morgan fingerprint density at radius 2 is 1.95 bits per heavy atom. The molecule has 10 heteroatoms. The molecule has 0 bridgehead atoms. The first-order chi connectivity index (χ1) is 18.8. The lowest BCUT2D eigenvalue weighted by molar-refractivity contribution is -0.113. The summed E-state index contributed by atoms with van der Waals surface area (Å²) < 4.78 is 14.6. The molecule has 208 valence electrons. The van der Waals surface area contributed by atoms with Gasteiger partial charge in [0.2, 0.25) is 11.1 Å². The molecule has 0 radical (unpaired) electrons. The van der Waals surface area contributed by atoms with Crippen molar-refractivity contribution >= 4 is 45.2 Å². The number of carbonyl (C=O) groups is 1. The van der Waals surface area contributed by atoms with Crippen molar-refractivity contribution in [3.05, 3.63) is 62.8 Å². The molecule has 0 spiro atoms. The first-order valence-corrected chi connectivity index (χ1v) is 15.1. The summed E-state index contributed by atoms with van der Waals surface area (Å²) in [5, 5.41) is 12.0. The highest BCUT2D eigenvalue weighted by atomic mass is 79.9. The van der Waals surface area contributed by atoms with Gasteiger partial charge >= 0.3 is 0 Å². The van der Waals surface area contributed by atoms with Gasteiger partial charge in [-0.05, 0) is 91.4 Å². The SMILES string of the molecule is CCCOc1c(Br)cc(C2C(C(=O)Nc3cccc(C)c3C)=C(C)Nc3nc(SCCC)nn32)cc1OCC. The Kier molecular flexibility index (Phi) is 9.61. The summed E-state index contributed by atoms with van der Waals surface area (Å²) >= 11 is 5.30. The average molecular weight is 615 g/mol. The number of hydrogen-bond donors (Lipinski definition) is 2. The van der Waals surface area contributed by atoms with E-state index >= 15 is 0 Å². The van der Waals surface area contributed by atoms with Gasteiger partial charge in [-0.25, -0.2) is 4.68 Å². The molecule has 0 aliphatic carbocycles. The average Bonchev–Trinajstić information content (AvgIpc) is 3.31. The summed E-state index contributed by atoms with van der Waals surface area (Å²) in [5.41, 5.74) is 5.03. The highest BCUT2D eigenvalue weighted by Gasteiger charge is 2.35. The Balaban J connectivity index is 1.84. The lowest BCUT2D eigenvalue weighted by Crippen LogP contribution is -2.31. The molecule has 1 aliphatic heterocycles. The van der Waals surface area contributed by atoms with Gasteiger partial charge in [0, 0.05) is 17.1 Å². The van der Waals surface area contributed by atoms with Crippen molar-refractivity contribution in [2.75, 3.05) is 29.6 Å². The standard InChI is InChI=1S/C29H36BrN5O3S/c1-7-13-38-26-21(30)15-20(16-23(26)37-9-3)25-24(27(36)32-22-12-10-11-17(4)18(22)5)19(6)31-28-33-29(34-35(25)28)39-14-8-2/h10-12,15-16,25H,7-9,13-14H2,1-6H3,(H,32,36)(H,31,33,34). The van der Waals surface area contributed by atoms with Crippen molar-refractivity contribution in [1.29, 1.82) is 0 Å². The summed E-state index contributed by atoms with van der Waals surface area (Å²) in [6, 6.07) is 9.29. The largest absolute Gasteiger partial charge is 0.490 e. The van der Waals surface area contributed by atoms with E-state index in [2.05, 4.69) is 40.4 Å². The predicted octanol–water partition coefficient (Wildman–Crippen LogP) is 7.27. The number of aromatic nitrogens is 3. The molecule has 0 fully saturated rings. The third kappa shape index (κ3) is 6.27. The highest BCUT2D eigenvalue weighted by Crippen LogP contribution is 2.43. The molecule has 0 saturated heterocycles. The van der Waals surface area contributed by atoms with Crippen LogP contribution in [0.15, 0.2) is 51.2 Å². The van der Waals surface area contributed by atoms with E-state index in [1.807, 2.05) is 58.0 Å². The highest BCUT2D eigenvalue weighted by molar-refractivity contribution is 9.10. The molecular weight excluding hydrogens is 578 g/mol. The summed E-state index contributed by atoms with van der Waals surface area (Å²) in [7, 11) is 0. The van der Waals surface area contributed by atoms with Crippen molar-refractivity contribution in [3.8, 4) is 11.5 Å². The smallest absolute Gasteiger partial charge is 0.255 e. The van der Waals surface area contributed by atoms with E-state index in [4.69, 9.17) is 19.6 Å².